The van der Waals surface area contributed by atoms with Crippen molar-refractivity contribution in [2.24, 2.45) is 0 Å². The minimum absolute atomic E-state index is 0.0312. The molecule has 1 aliphatic carbocycles. The van der Waals surface area contributed by atoms with Gasteiger partial charge in [0, 0.05) is 18.1 Å². The molecule has 0 unspecified atom stereocenters. The van der Waals surface area contributed by atoms with Gasteiger partial charge in [-0.3, -0.25) is 4.79 Å². The average molecular weight is 377 g/mol. The molecule has 1 heterocycles. The first-order valence-corrected chi connectivity index (χ1v) is 8.76. The number of carbonyl (C=O) groups is 2. The first-order valence-electron chi connectivity index (χ1n) is 8.38. The number of nitrogens with zero attached hydrogens (tertiary/aromatic N) is 2. The van der Waals surface area contributed by atoms with Crippen LogP contribution in [0.15, 0.2) is 30.3 Å². The molecule has 0 spiro atoms. The van der Waals surface area contributed by atoms with Crippen molar-refractivity contribution in [3.8, 4) is 5.69 Å². The van der Waals surface area contributed by atoms with Crippen LogP contribution in [0.1, 0.15) is 36.9 Å². The predicted molar refractivity (Wildman–Crippen MR) is 95.7 cm³/mol. The maximum Gasteiger partial charge on any atom is 0.331 e. The van der Waals surface area contributed by atoms with Gasteiger partial charge in [-0.1, -0.05) is 11.6 Å². The van der Waals surface area contributed by atoms with E-state index in [4.69, 9.17) is 16.3 Å². The van der Waals surface area contributed by atoms with Crippen LogP contribution in [0.3, 0.4) is 0 Å². The standard InChI is InChI=1S/C19H18ClFN2O3/c1-12-15(10-11-18(25)26-17-5-3-2-4-16(17)24)19(20)23(22-12)14-8-6-13(21)7-9-14/h6-11,17H,2-5H2,1H3/b11-10+/t17-/m1/s1. The van der Waals surface area contributed by atoms with Gasteiger partial charge in [0.1, 0.15) is 11.0 Å². The molecule has 5 nitrogen and oxygen atoms in total. The van der Waals surface area contributed by atoms with Crippen molar-refractivity contribution in [2.45, 2.75) is 38.7 Å². The number of hydrogen-bond acceptors (Lipinski definition) is 4. The summed E-state index contributed by atoms with van der Waals surface area (Å²) >= 11 is 6.35. The van der Waals surface area contributed by atoms with Gasteiger partial charge in [0.25, 0.3) is 0 Å². The zero-order chi connectivity index (χ0) is 18.7. The first-order chi connectivity index (χ1) is 12.5. The van der Waals surface area contributed by atoms with E-state index in [-0.39, 0.29) is 11.6 Å². The summed E-state index contributed by atoms with van der Waals surface area (Å²) in [4.78, 5) is 23.7. The number of hydrogen-bond donors (Lipinski definition) is 0. The summed E-state index contributed by atoms with van der Waals surface area (Å²) in [7, 11) is 0. The van der Waals surface area contributed by atoms with Crippen molar-refractivity contribution < 1.29 is 18.7 Å². The molecule has 0 radical (unpaired) electrons. The number of esters is 1. The van der Waals surface area contributed by atoms with Crippen molar-refractivity contribution >= 4 is 29.4 Å². The van der Waals surface area contributed by atoms with Crippen molar-refractivity contribution in [3.05, 3.63) is 52.6 Å². The molecule has 2 aromatic rings. The summed E-state index contributed by atoms with van der Waals surface area (Å²) in [5.41, 5.74) is 1.77. The minimum Gasteiger partial charge on any atom is -0.451 e. The smallest absolute Gasteiger partial charge is 0.331 e. The molecule has 136 valence electrons. The number of halogens is 2. The van der Waals surface area contributed by atoms with Crippen molar-refractivity contribution in [1.29, 1.82) is 0 Å². The fourth-order valence-corrected chi connectivity index (χ4v) is 3.20. The average Bonchev–Trinajstić information content (AvgIpc) is 2.90. The number of Topliss-reactive ketones (excluding diaryl/α,β-unsaturated/α-hetero) is 1. The minimum atomic E-state index is -0.653. The molecule has 0 N–H and O–H groups in total. The zero-order valence-electron chi connectivity index (χ0n) is 14.2. The van der Waals surface area contributed by atoms with Gasteiger partial charge in [-0.15, -0.1) is 0 Å². The molecule has 26 heavy (non-hydrogen) atoms. The van der Waals surface area contributed by atoms with Crippen LogP contribution >= 0.6 is 11.6 Å². The Morgan fingerprint density at radius 2 is 2.08 bits per heavy atom. The van der Waals surface area contributed by atoms with Crippen molar-refractivity contribution in [1.82, 2.24) is 9.78 Å². The molecule has 0 saturated heterocycles. The van der Waals surface area contributed by atoms with Crippen LogP contribution in [-0.4, -0.2) is 27.6 Å². The van der Waals surface area contributed by atoms with Crippen molar-refractivity contribution in [3.63, 3.8) is 0 Å². The maximum absolute atomic E-state index is 13.1. The summed E-state index contributed by atoms with van der Waals surface area (Å²) in [5.74, 6) is -0.972. The van der Waals surface area contributed by atoms with Crippen LogP contribution in [-0.2, 0) is 14.3 Å². The summed E-state index contributed by atoms with van der Waals surface area (Å²) in [6.45, 7) is 1.75. The topological polar surface area (TPSA) is 61.2 Å². The second-order valence-corrected chi connectivity index (χ2v) is 6.51. The highest BCUT2D eigenvalue weighted by atomic mass is 35.5. The molecular formula is C19H18ClFN2O3. The first kappa shape index (κ1) is 18.3. The molecule has 3 rings (SSSR count). The largest absolute Gasteiger partial charge is 0.451 e. The number of rotatable bonds is 4. The van der Waals surface area contributed by atoms with E-state index in [1.165, 1.54) is 29.0 Å². The van der Waals surface area contributed by atoms with Gasteiger partial charge in [-0.05, 0) is 56.5 Å². The van der Waals surface area contributed by atoms with E-state index in [0.29, 0.717) is 34.9 Å². The maximum atomic E-state index is 13.1. The van der Waals surface area contributed by atoms with E-state index < -0.39 is 12.1 Å². The van der Waals surface area contributed by atoms with Crippen LogP contribution < -0.4 is 0 Å². The second kappa shape index (κ2) is 7.83. The number of aryl methyl sites for hydroxylation is 1. The highest BCUT2D eigenvalue weighted by Crippen LogP contribution is 2.25. The molecule has 1 aliphatic rings. The van der Waals surface area contributed by atoms with Crippen LogP contribution in [0.25, 0.3) is 11.8 Å². The van der Waals surface area contributed by atoms with Gasteiger partial charge in [0.2, 0.25) is 0 Å². The molecule has 1 aromatic heterocycles. The molecule has 0 bridgehead atoms. The summed E-state index contributed by atoms with van der Waals surface area (Å²) in [6.07, 6.45) is 4.85. The predicted octanol–water partition coefficient (Wildman–Crippen LogP) is 4.04. The Balaban J connectivity index is 1.75. The Kier molecular flexibility index (Phi) is 5.52. The van der Waals surface area contributed by atoms with E-state index >= 15 is 0 Å². The van der Waals surface area contributed by atoms with Gasteiger partial charge >= 0.3 is 5.97 Å². The number of benzene rings is 1. The molecule has 7 heteroatoms. The summed E-state index contributed by atoms with van der Waals surface area (Å²) < 4.78 is 19.8. The lowest BCUT2D eigenvalue weighted by molar-refractivity contribution is -0.152. The Hall–Kier alpha value is -2.47. The molecule has 1 saturated carbocycles. The lowest BCUT2D eigenvalue weighted by Gasteiger charge is -2.19. The fraction of sp³-hybridized carbons (Fsp3) is 0.316. The normalized spacial score (nSPS) is 17.7. The van der Waals surface area contributed by atoms with Gasteiger partial charge in [-0.25, -0.2) is 13.9 Å². The van der Waals surface area contributed by atoms with Crippen LogP contribution in [0.4, 0.5) is 4.39 Å². The van der Waals surface area contributed by atoms with Crippen molar-refractivity contribution in [2.75, 3.05) is 0 Å². The van der Waals surface area contributed by atoms with Gasteiger partial charge in [0.05, 0.1) is 11.4 Å². The Morgan fingerprint density at radius 1 is 1.35 bits per heavy atom. The molecule has 0 aliphatic heterocycles. The second-order valence-electron chi connectivity index (χ2n) is 6.15. The third-order valence-corrected chi connectivity index (χ3v) is 4.63. The number of ether oxygens (including phenoxy) is 1. The monoisotopic (exact) mass is 376 g/mol. The van der Waals surface area contributed by atoms with E-state index in [1.54, 1.807) is 19.1 Å². The molecule has 0 amide bonds. The van der Waals surface area contributed by atoms with E-state index in [2.05, 4.69) is 5.10 Å². The third-order valence-electron chi connectivity index (χ3n) is 4.26. The van der Waals surface area contributed by atoms with Gasteiger partial charge in [-0.2, -0.15) is 5.10 Å². The Bertz CT molecular complexity index is 858. The van der Waals surface area contributed by atoms with E-state index in [0.717, 1.165) is 12.8 Å². The molecular weight excluding hydrogens is 359 g/mol. The highest BCUT2D eigenvalue weighted by Gasteiger charge is 2.25. The number of ketones is 1. The third kappa shape index (κ3) is 4.02. The van der Waals surface area contributed by atoms with Crippen LogP contribution in [0.2, 0.25) is 5.15 Å². The highest BCUT2D eigenvalue weighted by molar-refractivity contribution is 6.31. The SMILES string of the molecule is Cc1nn(-c2ccc(F)cc2)c(Cl)c1/C=C/C(=O)O[C@@H]1CCCCC1=O. The quantitative estimate of drug-likeness (QED) is 0.596. The summed E-state index contributed by atoms with van der Waals surface area (Å²) in [6, 6.07) is 5.75. The van der Waals surface area contributed by atoms with E-state index in [9.17, 15) is 14.0 Å². The Morgan fingerprint density at radius 3 is 2.77 bits per heavy atom. The van der Waals surface area contributed by atoms with Crippen LogP contribution in [0.5, 0.6) is 0 Å². The zero-order valence-corrected chi connectivity index (χ0v) is 15.0. The van der Waals surface area contributed by atoms with Crippen LogP contribution in [0, 0.1) is 12.7 Å². The molecule has 1 fully saturated rings. The number of carbonyl (C=O) groups excluding carboxylic acids is 2. The fourth-order valence-electron chi connectivity index (χ4n) is 2.86. The lowest BCUT2D eigenvalue weighted by Crippen LogP contribution is -2.29. The lowest BCUT2D eigenvalue weighted by atomic mass is 9.96. The Labute approximate surface area is 155 Å². The number of aromatic nitrogens is 2. The van der Waals surface area contributed by atoms with Gasteiger partial charge < -0.3 is 4.74 Å². The van der Waals surface area contributed by atoms with E-state index in [1.807, 2.05) is 0 Å². The molecule has 1 aromatic carbocycles. The molecule has 1 atom stereocenters. The summed E-state index contributed by atoms with van der Waals surface area (Å²) in [5, 5.41) is 4.62. The van der Waals surface area contributed by atoms with Gasteiger partial charge in [0.15, 0.2) is 11.9 Å².